The minimum atomic E-state index is -0.513. The van der Waals surface area contributed by atoms with Crippen molar-refractivity contribution < 1.29 is 18.7 Å². The van der Waals surface area contributed by atoms with E-state index in [1.54, 1.807) is 29.2 Å². The van der Waals surface area contributed by atoms with Gasteiger partial charge in [-0.05, 0) is 43.2 Å². The van der Waals surface area contributed by atoms with Gasteiger partial charge in [0.15, 0.2) is 18.2 Å². The van der Waals surface area contributed by atoms with Gasteiger partial charge < -0.3 is 15.0 Å². The fourth-order valence-corrected chi connectivity index (χ4v) is 2.78. The average molecular weight is 342 g/mol. The summed E-state index contributed by atoms with van der Waals surface area (Å²) >= 11 is 0. The first-order valence-electron chi connectivity index (χ1n) is 8.13. The van der Waals surface area contributed by atoms with Gasteiger partial charge in [-0.15, -0.1) is 0 Å². The topological polar surface area (TPSA) is 58.6 Å². The highest BCUT2D eigenvalue weighted by Gasteiger charge is 2.23. The number of aryl methyl sites for hydroxylation is 1. The van der Waals surface area contributed by atoms with E-state index >= 15 is 0 Å². The minimum Gasteiger partial charge on any atom is -0.481 e. The largest absolute Gasteiger partial charge is 0.481 e. The Hall–Kier alpha value is -2.89. The number of halogens is 1. The quantitative estimate of drug-likeness (QED) is 0.907. The average Bonchev–Trinajstić information content (AvgIpc) is 3.02. The van der Waals surface area contributed by atoms with Gasteiger partial charge in [0.25, 0.3) is 5.91 Å². The van der Waals surface area contributed by atoms with Crippen molar-refractivity contribution >= 4 is 23.2 Å². The van der Waals surface area contributed by atoms with Crippen LogP contribution in [0.15, 0.2) is 42.5 Å². The van der Waals surface area contributed by atoms with Crippen LogP contribution in [0.5, 0.6) is 5.75 Å². The Morgan fingerprint density at radius 1 is 1.28 bits per heavy atom. The van der Waals surface area contributed by atoms with Gasteiger partial charge in [0.1, 0.15) is 0 Å². The van der Waals surface area contributed by atoms with E-state index < -0.39 is 11.7 Å². The summed E-state index contributed by atoms with van der Waals surface area (Å²) in [5.74, 6) is -0.786. The number of rotatable bonds is 5. The molecule has 1 aliphatic heterocycles. The van der Waals surface area contributed by atoms with Gasteiger partial charge in [0, 0.05) is 24.3 Å². The highest BCUT2D eigenvalue weighted by Crippen LogP contribution is 2.28. The van der Waals surface area contributed by atoms with Crippen molar-refractivity contribution in [1.29, 1.82) is 0 Å². The Bertz CT molecular complexity index is 807. The number of carbonyl (C=O) groups is 2. The predicted octanol–water partition coefficient (Wildman–Crippen LogP) is 3.28. The highest BCUT2D eigenvalue weighted by molar-refractivity contribution is 5.98. The molecule has 1 fully saturated rings. The third-order valence-corrected chi connectivity index (χ3v) is 4.05. The third-order valence-electron chi connectivity index (χ3n) is 4.05. The van der Waals surface area contributed by atoms with Gasteiger partial charge >= 0.3 is 0 Å². The number of anilines is 2. The molecule has 1 N–H and O–H groups in total. The first-order valence-corrected chi connectivity index (χ1v) is 8.13. The number of benzene rings is 2. The summed E-state index contributed by atoms with van der Waals surface area (Å²) in [7, 11) is 0. The number of carbonyl (C=O) groups excluding carboxylic acids is 2. The fraction of sp³-hybridized carbons (Fsp3) is 0.263. The number of hydrogen-bond acceptors (Lipinski definition) is 3. The summed E-state index contributed by atoms with van der Waals surface area (Å²) in [6.07, 6.45) is 1.39. The predicted molar refractivity (Wildman–Crippen MR) is 93.3 cm³/mol. The Balaban J connectivity index is 1.65. The number of hydrogen-bond donors (Lipinski definition) is 1. The maximum absolute atomic E-state index is 13.5. The third kappa shape index (κ3) is 3.96. The van der Waals surface area contributed by atoms with Crippen LogP contribution >= 0.6 is 0 Å². The molecule has 0 atom stereocenters. The second kappa shape index (κ2) is 7.34. The Morgan fingerprint density at radius 2 is 2.08 bits per heavy atom. The van der Waals surface area contributed by atoms with Crippen molar-refractivity contribution in [1.82, 2.24) is 0 Å². The van der Waals surface area contributed by atoms with Crippen molar-refractivity contribution in [2.24, 2.45) is 0 Å². The van der Waals surface area contributed by atoms with Crippen LogP contribution in [0.3, 0.4) is 0 Å². The molecule has 2 aromatic carbocycles. The van der Waals surface area contributed by atoms with Crippen molar-refractivity contribution in [2.75, 3.05) is 23.4 Å². The van der Waals surface area contributed by atoms with Crippen LogP contribution in [0.1, 0.15) is 18.4 Å². The smallest absolute Gasteiger partial charge is 0.262 e. The number of para-hydroxylation sites is 1. The van der Waals surface area contributed by atoms with Crippen LogP contribution in [0.4, 0.5) is 15.8 Å². The maximum Gasteiger partial charge on any atom is 0.262 e. The first-order chi connectivity index (χ1) is 12.0. The van der Waals surface area contributed by atoms with Crippen LogP contribution in [0.25, 0.3) is 0 Å². The Kier molecular flexibility index (Phi) is 4.97. The molecule has 1 heterocycles. The number of ether oxygens (including phenoxy) is 1. The molecule has 1 aliphatic rings. The lowest BCUT2D eigenvalue weighted by Gasteiger charge is -2.19. The van der Waals surface area contributed by atoms with Crippen molar-refractivity contribution in [3.8, 4) is 5.75 Å². The molecule has 0 aliphatic carbocycles. The Morgan fingerprint density at radius 3 is 2.80 bits per heavy atom. The zero-order valence-electron chi connectivity index (χ0n) is 13.9. The number of amides is 2. The Labute approximate surface area is 145 Å². The van der Waals surface area contributed by atoms with E-state index in [1.165, 1.54) is 12.1 Å². The number of nitrogens with zero attached hydrogens (tertiary/aromatic N) is 1. The summed E-state index contributed by atoms with van der Waals surface area (Å²) in [5.41, 5.74) is 2.34. The van der Waals surface area contributed by atoms with Crippen molar-refractivity contribution in [3.63, 3.8) is 0 Å². The van der Waals surface area contributed by atoms with Crippen LogP contribution in [0, 0.1) is 12.7 Å². The van der Waals surface area contributed by atoms with Gasteiger partial charge in [0.05, 0.1) is 0 Å². The monoisotopic (exact) mass is 342 g/mol. The van der Waals surface area contributed by atoms with E-state index in [4.69, 9.17) is 4.74 Å². The molecule has 0 spiro atoms. The SMILES string of the molecule is Cc1ccc(NC(=O)COc2ccccc2F)cc1N1CCCC1=O. The van der Waals surface area contributed by atoms with Crippen LogP contribution in [0.2, 0.25) is 0 Å². The molecule has 2 aromatic rings. The normalized spacial score (nSPS) is 13.8. The molecular formula is C19H19FN2O3. The minimum absolute atomic E-state index is 0.0323. The molecule has 0 unspecified atom stereocenters. The van der Waals surface area contributed by atoms with Gasteiger partial charge in [-0.3, -0.25) is 9.59 Å². The summed E-state index contributed by atoms with van der Waals surface area (Å²) in [5, 5.41) is 2.71. The molecule has 0 saturated carbocycles. The molecule has 1 saturated heterocycles. The summed E-state index contributed by atoms with van der Waals surface area (Å²) in [6.45, 7) is 2.31. The van der Waals surface area contributed by atoms with Gasteiger partial charge in [-0.25, -0.2) is 4.39 Å². The van der Waals surface area contributed by atoms with Crippen molar-refractivity contribution in [2.45, 2.75) is 19.8 Å². The second-order valence-electron chi connectivity index (χ2n) is 5.92. The standard InChI is InChI=1S/C19H19FN2O3/c1-13-8-9-14(11-16(13)22-10-4-7-19(22)24)21-18(23)12-25-17-6-3-2-5-15(17)20/h2-3,5-6,8-9,11H,4,7,10,12H2,1H3,(H,21,23). The molecule has 2 amide bonds. The summed E-state index contributed by atoms with van der Waals surface area (Å²) < 4.78 is 18.7. The molecule has 5 nitrogen and oxygen atoms in total. The highest BCUT2D eigenvalue weighted by atomic mass is 19.1. The maximum atomic E-state index is 13.5. The molecule has 3 rings (SSSR count). The van der Waals surface area contributed by atoms with Crippen LogP contribution in [-0.2, 0) is 9.59 Å². The van der Waals surface area contributed by atoms with Gasteiger partial charge in [0.2, 0.25) is 5.91 Å². The van der Waals surface area contributed by atoms with E-state index in [-0.39, 0.29) is 18.3 Å². The van der Waals surface area contributed by atoms with E-state index in [2.05, 4.69) is 5.32 Å². The van der Waals surface area contributed by atoms with Gasteiger partial charge in [-0.1, -0.05) is 18.2 Å². The van der Waals surface area contributed by atoms with Gasteiger partial charge in [-0.2, -0.15) is 0 Å². The van der Waals surface area contributed by atoms with Crippen molar-refractivity contribution in [3.05, 3.63) is 53.8 Å². The lowest BCUT2D eigenvalue weighted by Crippen LogP contribution is -2.25. The number of nitrogens with one attached hydrogen (secondary N) is 1. The van der Waals surface area contributed by atoms with Crippen LogP contribution < -0.4 is 15.0 Å². The molecule has 130 valence electrons. The van der Waals surface area contributed by atoms with E-state index in [9.17, 15) is 14.0 Å². The lowest BCUT2D eigenvalue weighted by molar-refractivity contribution is -0.118. The lowest BCUT2D eigenvalue weighted by atomic mass is 10.1. The van der Waals surface area contributed by atoms with Crippen LogP contribution in [-0.4, -0.2) is 25.0 Å². The fourth-order valence-electron chi connectivity index (χ4n) is 2.78. The zero-order valence-corrected chi connectivity index (χ0v) is 13.9. The summed E-state index contributed by atoms with van der Waals surface area (Å²) in [6, 6.07) is 11.3. The molecule has 0 radical (unpaired) electrons. The zero-order chi connectivity index (χ0) is 17.8. The summed E-state index contributed by atoms with van der Waals surface area (Å²) in [4.78, 5) is 25.7. The van der Waals surface area contributed by atoms with E-state index in [1.807, 2.05) is 13.0 Å². The van der Waals surface area contributed by atoms with E-state index in [0.717, 1.165) is 17.7 Å². The van der Waals surface area contributed by atoms with E-state index in [0.29, 0.717) is 18.7 Å². The molecule has 6 heteroatoms. The molecule has 0 aromatic heterocycles. The molecule has 25 heavy (non-hydrogen) atoms. The first kappa shape index (κ1) is 17.0. The second-order valence-corrected chi connectivity index (χ2v) is 5.92. The molecular weight excluding hydrogens is 323 g/mol. The molecule has 0 bridgehead atoms.